The highest BCUT2D eigenvalue weighted by Crippen LogP contribution is 2.25. The number of hydrogen-bond donors (Lipinski definition) is 1. The number of fused-ring (bicyclic) bond motifs is 1. The lowest BCUT2D eigenvalue weighted by atomic mass is 9.96. The van der Waals surface area contributed by atoms with Crippen LogP contribution in [0.1, 0.15) is 12.8 Å². The first-order chi connectivity index (χ1) is 13.2. The molecule has 6 heteroatoms. The number of amides is 3. The second-order valence-electron chi connectivity index (χ2n) is 7.18. The van der Waals surface area contributed by atoms with Crippen LogP contribution in [0.2, 0.25) is 0 Å². The summed E-state index contributed by atoms with van der Waals surface area (Å²) in [6.45, 7) is 3.67. The van der Waals surface area contributed by atoms with Gasteiger partial charge in [0.25, 0.3) is 0 Å². The van der Waals surface area contributed by atoms with Gasteiger partial charge >= 0.3 is 6.03 Å². The van der Waals surface area contributed by atoms with Gasteiger partial charge < -0.3 is 19.9 Å². The van der Waals surface area contributed by atoms with Crippen LogP contribution >= 0.6 is 0 Å². The Balaban J connectivity index is 1.43. The van der Waals surface area contributed by atoms with Gasteiger partial charge in [0.15, 0.2) is 0 Å². The van der Waals surface area contributed by atoms with Crippen molar-refractivity contribution < 1.29 is 14.3 Å². The predicted octanol–water partition coefficient (Wildman–Crippen LogP) is 2.94. The van der Waals surface area contributed by atoms with Crippen LogP contribution in [-0.4, -0.2) is 61.1 Å². The maximum atomic E-state index is 12.8. The summed E-state index contributed by atoms with van der Waals surface area (Å²) in [5.74, 6) is 0.0380. The summed E-state index contributed by atoms with van der Waals surface area (Å²) < 4.78 is 5.33. The van der Waals surface area contributed by atoms with Gasteiger partial charge in [0.1, 0.15) is 0 Å². The standard InChI is InChI=1S/C21H25N3O3/c25-20(23-11-13-27-14-12-23)17-7-4-10-24(15-17)21(26)22-19-9-3-6-16-5-1-2-8-18(16)19/h1-3,5-6,8-9,17H,4,7,10-15H2,(H,22,26)/t17-/m0/s1. The molecule has 0 radical (unpaired) electrons. The first-order valence-electron chi connectivity index (χ1n) is 9.62. The van der Waals surface area contributed by atoms with Gasteiger partial charge in [-0.1, -0.05) is 36.4 Å². The number of morpholine rings is 1. The van der Waals surface area contributed by atoms with Crippen molar-refractivity contribution in [1.82, 2.24) is 9.80 Å². The van der Waals surface area contributed by atoms with Gasteiger partial charge in [0.2, 0.25) is 5.91 Å². The molecule has 2 heterocycles. The van der Waals surface area contributed by atoms with Crippen LogP contribution in [0.5, 0.6) is 0 Å². The van der Waals surface area contributed by atoms with Crippen LogP contribution < -0.4 is 5.32 Å². The Morgan fingerprint density at radius 1 is 0.963 bits per heavy atom. The molecule has 0 aromatic heterocycles. The maximum Gasteiger partial charge on any atom is 0.321 e. The minimum absolute atomic E-state index is 0.116. The Kier molecular flexibility index (Phi) is 5.25. The minimum Gasteiger partial charge on any atom is -0.378 e. The Hall–Kier alpha value is -2.60. The topological polar surface area (TPSA) is 61.9 Å². The van der Waals surface area contributed by atoms with Crippen molar-refractivity contribution in [3.8, 4) is 0 Å². The molecule has 2 aliphatic rings. The zero-order valence-electron chi connectivity index (χ0n) is 15.4. The lowest BCUT2D eigenvalue weighted by Crippen LogP contribution is -2.50. The van der Waals surface area contributed by atoms with Gasteiger partial charge in [0, 0.05) is 31.6 Å². The van der Waals surface area contributed by atoms with E-state index in [-0.39, 0.29) is 17.9 Å². The summed E-state index contributed by atoms with van der Waals surface area (Å²) in [6, 6.07) is 13.7. The molecule has 0 bridgehead atoms. The van der Waals surface area contributed by atoms with Gasteiger partial charge in [-0.3, -0.25) is 4.79 Å². The third kappa shape index (κ3) is 3.90. The molecular weight excluding hydrogens is 342 g/mol. The average molecular weight is 367 g/mol. The third-order valence-electron chi connectivity index (χ3n) is 5.41. The predicted molar refractivity (Wildman–Crippen MR) is 105 cm³/mol. The summed E-state index contributed by atoms with van der Waals surface area (Å²) in [7, 11) is 0. The van der Waals surface area contributed by atoms with Gasteiger partial charge in [0.05, 0.1) is 24.8 Å². The van der Waals surface area contributed by atoms with E-state index in [9.17, 15) is 9.59 Å². The maximum absolute atomic E-state index is 12.8. The van der Waals surface area contributed by atoms with E-state index in [1.807, 2.05) is 47.4 Å². The fraction of sp³-hybridized carbons (Fsp3) is 0.429. The quantitative estimate of drug-likeness (QED) is 0.888. The highest BCUT2D eigenvalue weighted by atomic mass is 16.5. The Morgan fingerprint density at radius 3 is 2.59 bits per heavy atom. The average Bonchev–Trinajstić information content (AvgIpc) is 2.74. The number of hydrogen-bond acceptors (Lipinski definition) is 3. The van der Waals surface area contributed by atoms with Gasteiger partial charge in [-0.25, -0.2) is 4.79 Å². The number of nitrogens with zero attached hydrogens (tertiary/aromatic N) is 2. The molecule has 2 aromatic rings. The van der Waals surface area contributed by atoms with Gasteiger partial charge in [-0.15, -0.1) is 0 Å². The summed E-state index contributed by atoms with van der Waals surface area (Å²) in [5.41, 5.74) is 0.805. The second-order valence-corrected chi connectivity index (χ2v) is 7.18. The number of carbonyl (C=O) groups excluding carboxylic acids is 2. The number of benzene rings is 2. The molecule has 2 aliphatic heterocycles. The summed E-state index contributed by atoms with van der Waals surface area (Å²) in [5, 5.41) is 5.15. The van der Waals surface area contributed by atoms with E-state index in [1.54, 1.807) is 4.90 Å². The van der Waals surface area contributed by atoms with Crippen molar-refractivity contribution in [1.29, 1.82) is 0 Å². The molecule has 0 aliphatic carbocycles. The molecule has 1 N–H and O–H groups in total. The zero-order valence-corrected chi connectivity index (χ0v) is 15.4. The molecule has 27 heavy (non-hydrogen) atoms. The molecule has 2 fully saturated rings. The largest absolute Gasteiger partial charge is 0.378 e. The Bertz CT molecular complexity index is 827. The van der Waals surface area contributed by atoms with Crippen LogP contribution in [0.4, 0.5) is 10.5 Å². The molecule has 142 valence electrons. The SMILES string of the molecule is O=C(Nc1cccc2ccccc12)N1CCC[C@H](C(=O)N2CCOCC2)C1. The molecule has 6 nitrogen and oxygen atoms in total. The first kappa shape index (κ1) is 17.8. The number of piperidine rings is 1. The van der Waals surface area contributed by atoms with Crippen molar-refractivity contribution in [2.75, 3.05) is 44.7 Å². The van der Waals surface area contributed by atoms with Crippen molar-refractivity contribution in [2.45, 2.75) is 12.8 Å². The molecule has 4 rings (SSSR count). The highest BCUT2D eigenvalue weighted by Gasteiger charge is 2.32. The van der Waals surface area contributed by atoms with Crippen molar-refractivity contribution >= 4 is 28.4 Å². The Labute approximate surface area is 159 Å². The van der Waals surface area contributed by atoms with E-state index in [0.717, 1.165) is 29.3 Å². The van der Waals surface area contributed by atoms with Gasteiger partial charge in [-0.2, -0.15) is 0 Å². The van der Waals surface area contributed by atoms with E-state index in [4.69, 9.17) is 4.74 Å². The number of urea groups is 1. The highest BCUT2D eigenvalue weighted by molar-refractivity contribution is 6.01. The molecule has 2 aromatic carbocycles. The Morgan fingerprint density at radius 2 is 1.74 bits per heavy atom. The van der Waals surface area contributed by atoms with Crippen LogP contribution in [0.3, 0.4) is 0 Å². The van der Waals surface area contributed by atoms with Crippen LogP contribution in [0.15, 0.2) is 42.5 Å². The van der Waals surface area contributed by atoms with Crippen molar-refractivity contribution in [3.63, 3.8) is 0 Å². The second kappa shape index (κ2) is 7.96. The van der Waals surface area contributed by atoms with Crippen LogP contribution in [-0.2, 0) is 9.53 Å². The summed E-state index contributed by atoms with van der Waals surface area (Å²) in [6.07, 6.45) is 1.69. The van der Waals surface area contributed by atoms with Crippen molar-refractivity contribution in [2.24, 2.45) is 5.92 Å². The van der Waals surface area contributed by atoms with E-state index >= 15 is 0 Å². The summed E-state index contributed by atoms with van der Waals surface area (Å²) >= 11 is 0. The monoisotopic (exact) mass is 367 g/mol. The zero-order chi connectivity index (χ0) is 18.6. The van der Waals surface area contributed by atoms with Crippen LogP contribution in [0, 0.1) is 5.92 Å². The lowest BCUT2D eigenvalue weighted by molar-refractivity contribution is -0.141. The number of carbonyl (C=O) groups is 2. The normalized spacial score (nSPS) is 20.5. The number of rotatable bonds is 2. The molecular formula is C21H25N3O3. The number of ether oxygens (including phenoxy) is 1. The first-order valence-corrected chi connectivity index (χ1v) is 9.62. The third-order valence-corrected chi connectivity index (χ3v) is 5.41. The molecule has 0 spiro atoms. The lowest BCUT2D eigenvalue weighted by Gasteiger charge is -2.36. The fourth-order valence-electron chi connectivity index (χ4n) is 3.93. The molecule has 0 unspecified atom stereocenters. The summed E-state index contributed by atoms with van der Waals surface area (Å²) in [4.78, 5) is 29.2. The van der Waals surface area contributed by atoms with Crippen molar-refractivity contribution in [3.05, 3.63) is 42.5 Å². The number of nitrogens with one attached hydrogen (secondary N) is 1. The minimum atomic E-state index is -0.133. The fourth-order valence-corrected chi connectivity index (χ4v) is 3.93. The molecule has 3 amide bonds. The van der Waals surface area contributed by atoms with Crippen LogP contribution in [0.25, 0.3) is 10.8 Å². The van der Waals surface area contributed by atoms with E-state index in [0.29, 0.717) is 39.4 Å². The number of anilines is 1. The molecule has 2 saturated heterocycles. The smallest absolute Gasteiger partial charge is 0.321 e. The van der Waals surface area contributed by atoms with E-state index < -0.39 is 0 Å². The van der Waals surface area contributed by atoms with E-state index in [2.05, 4.69) is 5.32 Å². The molecule has 0 saturated carbocycles. The molecule has 1 atom stereocenters. The van der Waals surface area contributed by atoms with E-state index in [1.165, 1.54) is 0 Å². The van der Waals surface area contributed by atoms with Gasteiger partial charge in [-0.05, 0) is 24.3 Å². The number of likely N-dealkylation sites (tertiary alicyclic amines) is 1.